The summed E-state index contributed by atoms with van der Waals surface area (Å²) in [4.78, 5) is 0. The van der Waals surface area contributed by atoms with Crippen LogP contribution in [0.4, 0.5) is 0 Å². The summed E-state index contributed by atoms with van der Waals surface area (Å²) in [5, 5.41) is 1.86. The Morgan fingerprint density at radius 3 is 2.58 bits per heavy atom. The summed E-state index contributed by atoms with van der Waals surface area (Å²) in [6.45, 7) is 8.23. The molecule has 0 spiro atoms. The maximum atomic E-state index is 5.74. The molecule has 0 aromatic heterocycles. The van der Waals surface area contributed by atoms with Gasteiger partial charge in [0.05, 0.1) is 12.2 Å². The molecule has 0 aliphatic carbocycles. The van der Waals surface area contributed by atoms with Gasteiger partial charge in [-0.1, -0.05) is 6.92 Å². The van der Waals surface area contributed by atoms with Gasteiger partial charge in [-0.2, -0.15) is 0 Å². The molecule has 3 nitrogen and oxygen atoms in total. The molecule has 12 heavy (non-hydrogen) atoms. The molecule has 0 aromatic rings. The van der Waals surface area contributed by atoms with Crippen LogP contribution >= 0.6 is 0 Å². The minimum absolute atomic E-state index is 0.314. The topological polar surface area (TPSA) is 38.5 Å². The molecule has 0 aromatic carbocycles. The predicted octanol–water partition coefficient (Wildman–Crippen LogP) is 0.995. The molecule has 1 fully saturated rings. The number of hydrogen-bond donors (Lipinski definition) is 1. The molecule has 2 atom stereocenters. The summed E-state index contributed by atoms with van der Waals surface area (Å²) < 4.78 is 5.71. The summed E-state index contributed by atoms with van der Waals surface area (Å²) >= 11 is 0. The SMILES string of the molecule is CC1CC(OC(C)C)CN(N)C1. The molecule has 1 rings (SSSR count). The minimum atomic E-state index is 0.314. The van der Waals surface area contributed by atoms with Crippen molar-refractivity contribution in [2.45, 2.75) is 39.4 Å². The van der Waals surface area contributed by atoms with Gasteiger partial charge in [-0.15, -0.1) is 0 Å². The van der Waals surface area contributed by atoms with Gasteiger partial charge in [-0.3, -0.25) is 5.84 Å². The molecule has 2 unspecified atom stereocenters. The normalized spacial score (nSPS) is 32.8. The molecule has 72 valence electrons. The van der Waals surface area contributed by atoms with Crippen LogP contribution in [0.5, 0.6) is 0 Å². The second-order valence-electron chi connectivity index (χ2n) is 4.10. The van der Waals surface area contributed by atoms with E-state index in [2.05, 4.69) is 20.8 Å². The largest absolute Gasteiger partial charge is 0.374 e. The van der Waals surface area contributed by atoms with Crippen molar-refractivity contribution in [1.82, 2.24) is 5.01 Å². The van der Waals surface area contributed by atoms with Crippen molar-refractivity contribution in [1.29, 1.82) is 0 Å². The fraction of sp³-hybridized carbons (Fsp3) is 1.00. The number of ether oxygens (including phenoxy) is 1. The van der Waals surface area contributed by atoms with Crippen molar-refractivity contribution in [3.8, 4) is 0 Å². The van der Waals surface area contributed by atoms with Gasteiger partial charge in [0.15, 0.2) is 0 Å². The van der Waals surface area contributed by atoms with Gasteiger partial charge in [-0.25, -0.2) is 5.01 Å². The maximum absolute atomic E-state index is 5.74. The van der Waals surface area contributed by atoms with E-state index in [1.54, 1.807) is 0 Å². The van der Waals surface area contributed by atoms with E-state index in [1.807, 2.05) is 5.01 Å². The van der Waals surface area contributed by atoms with E-state index in [1.165, 1.54) is 0 Å². The highest BCUT2D eigenvalue weighted by Crippen LogP contribution is 2.17. The van der Waals surface area contributed by atoms with Crippen LogP contribution in [-0.4, -0.2) is 30.3 Å². The Balaban J connectivity index is 2.34. The van der Waals surface area contributed by atoms with Crippen molar-refractivity contribution in [2.75, 3.05) is 13.1 Å². The Morgan fingerprint density at radius 1 is 1.42 bits per heavy atom. The molecule has 2 N–H and O–H groups in total. The van der Waals surface area contributed by atoms with Gasteiger partial charge in [0.1, 0.15) is 0 Å². The number of nitrogens with zero attached hydrogens (tertiary/aromatic N) is 1. The Hall–Kier alpha value is -0.120. The van der Waals surface area contributed by atoms with Crippen LogP contribution in [-0.2, 0) is 4.74 Å². The van der Waals surface area contributed by atoms with Gasteiger partial charge in [0.25, 0.3) is 0 Å². The van der Waals surface area contributed by atoms with E-state index in [-0.39, 0.29) is 0 Å². The molecule has 1 heterocycles. The zero-order valence-corrected chi connectivity index (χ0v) is 8.29. The second-order valence-corrected chi connectivity index (χ2v) is 4.10. The van der Waals surface area contributed by atoms with Gasteiger partial charge < -0.3 is 4.74 Å². The van der Waals surface area contributed by atoms with E-state index in [0.717, 1.165) is 19.5 Å². The summed E-state index contributed by atoms with van der Waals surface area (Å²) in [7, 11) is 0. The zero-order valence-electron chi connectivity index (χ0n) is 8.29. The number of nitrogens with two attached hydrogens (primary N) is 1. The predicted molar refractivity (Wildman–Crippen MR) is 49.6 cm³/mol. The second kappa shape index (κ2) is 4.21. The van der Waals surface area contributed by atoms with E-state index in [0.29, 0.717) is 18.1 Å². The number of rotatable bonds is 2. The third-order valence-corrected chi connectivity index (χ3v) is 2.11. The van der Waals surface area contributed by atoms with E-state index in [9.17, 15) is 0 Å². The smallest absolute Gasteiger partial charge is 0.0722 e. The average molecular weight is 172 g/mol. The van der Waals surface area contributed by atoms with Crippen molar-refractivity contribution < 1.29 is 4.74 Å². The standard InChI is InChI=1S/C9H20N2O/c1-7(2)12-9-4-8(3)5-11(10)6-9/h7-9H,4-6,10H2,1-3H3. The first-order valence-corrected chi connectivity index (χ1v) is 4.73. The zero-order chi connectivity index (χ0) is 9.14. The van der Waals surface area contributed by atoms with Crippen LogP contribution in [0, 0.1) is 5.92 Å². The molecule has 0 amide bonds. The van der Waals surface area contributed by atoms with Crippen LogP contribution < -0.4 is 5.84 Å². The van der Waals surface area contributed by atoms with Crippen LogP contribution in [0.3, 0.4) is 0 Å². The Morgan fingerprint density at radius 2 is 2.08 bits per heavy atom. The first-order valence-electron chi connectivity index (χ1n) is 4.73. The Kier molecular flexibility index (Phi) is 3.50. The van der Waals surface area contributed by atoms with E-state index < -0.39 is 0 Å². The Bertz CT molecular complexity index is 126. The lowest BCUT2D eigenvalue weighted by Crippen LogP contribution is -2.47. The summed E-state index contributed by atoms with van der Waals surface area (Å²) in [5.74, 6) is 6.40. The van der Waals surface area contributed by atoms with Crippen LogP contribution in [0.15, 0.2) is 0 Å². The van der Waals surface area contributed by atoms with Crippen molar-refractivity contribution in [2.24, 2.45) is 11.8 Å². The third-order valence-electron chi connectivity index (χ3n) is 2.11. The molecule has 0 radical (unpaired) electrons. The number of hydrazine groups is 1. The molecular formula is C9H20N2O. The monoisotopic (exact) mass is 172 g/mol. The van der Waals surface area contributed by atoms with Crippen LogP contribution in [0.1, 0.15) is 27.2 Å². The lowest BCUT2D eigenvalue weighted by molar-refractivity contribution is -0.0464. The molecule has 1 aliphatic heterocycles. The number of hydrogen-bond acceptors (Lipinski definition) is 3. The lowest BCUT2D eigenvalue weighted by atomic mass is 9.99. The van der Waals surface area contributed by atoms with Gasteiger partial charge in [0.2, 0.25) is 0 Å². The molecule has 0 bridgehead atoms. The minimum Gasteiger partial charge on any atom is -0.374 e. The summed E-state index contributed by atoms with van der Waals surface area (Å²) in [6, 6.07) is 0. The van der Waals surface area contributed by atoms with E-state index >= 15 is 0 Å². The van der Waals surface area contributed by atoms with Gasteiger partial charge in [-0.05, 0) is 26.2 Å². The maximum Gasteiger partial charge on any atom is 0.0722 e. The lowest BCUT2D eigenvalue weighted by Gasteiger charge is -2.34. The molecule has 0 saturated carbocycles. The van der Waals surface area contributed by atoms with Gasteiger partial charge >= 0.3 is 0 Å². The van der Waals surface area contributed by atoms with Gasteiger partial charge in [0, 0.05) is 13.1 Å². The molecule has 1 aliphatic rings. The molecular weight excluding hydrogens is 152 g/mol. The van der Waals surface area contributed by atoms with Crippen molar-refractivity contribution >= 4 is 0 Å². The fourth-order valence-electron chi connectivity index (χ4n) is 1.82. The van der Waals surface area contributed by atoms with Crippen molar-refractivity contribution in [3.05, 3.63) is 0 Å². The summed E-state index contributed by atoms with van der Waals surface area (Å²) in [6.07, 6.45) is 1.79. The van der Waals surface area contributed by atoms with E-state index in [4.69, 9.17) is 10.6 Å². The molecule has 3 heteroatoms. The first-order chi connectivity index (χ1) is 5.58. The quantitative estimate of drug-likeness (QED) is 0.631. The third kappa shape index (κ3) is 3.09. The number of piperidine rings is 1. The van der Waals surface area contributed by atoms with Crippen molar-refractivity contribution in [3.63, 3.8) is 0 Å². The first kappa shape index (κ1) is 9.96. The molecule has 1 saturated heterocycles. The highest BCUT2D eigenvalue weighted by atomic mass is 16.5. The summed E-state index contributed by atoms with van der Waals surface area (Å²) in [5.41, 5.74) is 0. The fourth-order valence-corrected chi connectivity index (χ4v) is 1.82. The highest BCUT2D eigenvalue weighted by molar-refractivity contribution is 4.74. The average Bonchev–Trinajstić information content (AvgIpc) is 1.81. The van der Waals surface area contributed by atoms with Crippen LogP contribution in [0.2, 0.25) is 0 Å². The highest BCUT2D eigenvalue weighted by Gasteiger charge is 2.23. The van der Waals surface area contributed by atoms with Crippen LogP contribution in [0.25, 0.3) is 0 Å². The Labute approximate surface area is 74.8 Å².